The molecule has 4 nitrogen and oxygen atoms in total. The van der Waals surface area contributed by atoms with E-state index in [9.17, 15) is 4.79 Å². The zero-order valence-corrected chi connectivity index (χ0v) is 11.8. The van der Waals surface area contributed by atoms with E-state index in [1.54, 1.807) is 6.20 Å². The van der Waals surface area contributed by atoms with Gasteiger partial charge < -0.3 is 5.32 Å². The Bertz CT molecular complexity index is 446. The van der Waals surface area contributed by atoms with Gasteiger partial charge in [-0.05, 0) is 47.0 Å². The highest BCUT2D eigenvalue weighted by Gasteiger charge is 2.24. The Morgan fingerprint density at radius 3 is 2.88 bits per heavy atom. The maximum Gasteiger partial charge on any atom is 0.280 e. The molecule has 2 N–H and O–H groups in total. The van der Waals surface area contributed by atoms with Crippen molar-refractivity contribution in [3.63, 3.8) is 0 Å². The smallest absolute Gasteiger partial charge is 0.280 e. The van der Waals surface area contributed by atoms with Crippen LogP contribution in [-0.4, -0.2) is 16.2 Å². The first-order valence-corrected chi connectivity index (χ1v) is 6.87. The summed E-state index contributed by atoms with van der Waals surface area (Å²) in [6.45, 7) is 4.61. The van der Waals surface area contributed by atoms with Crippen LogP contribution in [0.5, 0.6) is 0 Å². The molecule has 3 atom stereocenters. The number of aromatic nitrogens is 2. The first-order valence-electron chi connectivity index (χ1n) is 6.07. The van der Waals surface area contributed by atoms with Gasteiger partial charge in [-0.2, -0.15) is 5.10 Å². The van der Waals surface area contributed by atoms with Crippen molar-refractivity contribution in [1.82, 2.24) is 10.2 Å². The van der Waals surface area contributed by atoms with Gasteiger partial charge in [-0.15, -0.1) is 0 Å². The summed E-state index contributed by atoms with van der Waals surface area (Å²) in [6, 6.07) is 0.445. The van der Waals surface area contributed by atoms with Crippen LogP contribution < -0.4 is 10.9 Å². The number of hydrogen-bond acceptors (Lipinski definition) is 3. The van der Waals surface area contributed by atoms with Crippen LogP contribution in [0.2, 0.25) is 0 Å². The highest BCUT2D eigenvalue weighted by atomic mass is 79.9. The van der Waals surface area contributed by atoms with E-state index < -0.39 is 0 Å². The number of nitrogens with zero attached hydrogens (tertiary/aromatic N) is 1. The lowest BCUT2D eigenvalue weighted by Gasteiger charge is -2.33. The van der Waals surface area contributed by atoms with E-state index in [-0.39, 0.29) is 5.56 Å². The van der Waals surface area contributed by atoms with Gasteiger partial charge in [-0.1, -0.05) is 13.8 Å². The van der Waals surface area contributed by atoms with Crippen molar-refractivity contribution in [2.75, 3.05) is 5.32 Å². The number of H-pyrrole nitrogens is 1. The summed E-state index contributed by atoms with van der Waals surface area (Å²) in [5.74, 6) is 1.53. The predicted octanol–water partition coefficient (Wildman–Crippen LogP) is 2.77. The van der Waals surface area contributed by atoms with Crippen molar-refractivity contribution in [3.8, 4) is 0 Å². The molecular formula is C12H18BrN3O. The monoisotopic (exact) mass is 299 g/mol. The van der Waals surface area contributed by atoms with E-state index >= 15 is 0 Å². The van der Waals surface area contributed by atoms with Crippen LogP contribution in [0.1, 0.15) is 33.1 Å². The van der Waals surface area contributed by atoms with Crippen LogP contribution in [0.3, 0.4) is 0 Å². The molecule has 1 aromatic heterocycles. The molecule has 2 rings (SSSR count). The molecule has 0 aliphatic heterocycles. The Labute approximate surface area is 109 Å². The zero-order valence-electron chi connectivity index (χ0n) is 10.2. The molecule has 17 heavy (non-hydrogen) atoms. The minimum absolute atomic E-state index is 0.188. The van der Waals surface area contributed by atoms with E-state index in [1.807, 2.05) is 0 Å². The SMILES string of the molecule is CC1CCC(Nc2cn[nH]c(=O)c2Br)CC1C. The van der Waals surface area contributed by atoms with Crippen molar-refractivity contribution in [2.24, 2.45) is 11.8 Å². The fourth-order valence-electron chi connectivity index (χ4n) is 2.38. The lowest BCUT2D eigenvalue weighted by Crippen LogP contribution is -2.31. The summed E-state index contributed by atoms with van der Waals surface area (Å²) >= 11 is 3.29. The average Bonchev–Trinajstić information content (AvgIpc) is 2.30. The van der Waals surface area contributed by atoms with Crippen LogP contribution in [0.25, 0.3) is 0 Å². The molecule has 0 amide bonds. The second-order valence-corrected chi connectivity index (χ2v) is 5.83. The third-order valence-electron chi connectivity index (χ3n) is 3.75. The Morgan fingerprint density at radius 1 is 1.41 bits per heavy atom. The quantitative estimate of drug-likeness (QED) is 0.883. The second-order valence-electron chi connectivity index (χ2n) is 5.04. The Kier molecular flexibility index (Phi) is 3.86. The average molecular weight is 300 g/mol. The minimum Gasteiger partial charge on any atom is -0.380 e. The van der Waals surface area contributed by atoms with Gasteiger partial charge in [0.2, 0.25) is 0 Å². The zero-order chi connectivity index (χ0) is 12.4. The maximum atomic E-state index is 11.4. The summed E-state index contributed by atoms with van der Waals surface area (Å²) in [7, 11) is 0. The molecule has 0 radical (unpaired) electrons. The molecule has 1 heterocycles. The van der Waals surface area contributed by atoms with Crippen LogP contribution in [0.15, 0.2) is 15.5 Å². The number of anilines is 1. The van der Waals surface area contributed by atoms with Crippen LogP contribution in [-0.2, 0) is 0 Å². The van der Waals surface area contributed by atoms with E-state index in [1.165, 1.54) is 6.42 Å². The summed E-state index contributed by atoms with van der Waals surface area (Å²) in [5, 5.41) is 9.63. The minimum atomic E-state index is -0.188. The highest BCUT2D eigenvalue weighted by Crippen LogP contribution is 2.31. The van der Waals surface area contributed by atoms with Gasteiger partial charge in [0.25, 0.3) is 5.56 Å². The Hall–Kier alpha value is -0.840. The summed E-state index contributed by atoms with van der Waals surface area (Å²) in [4.78, 5) is 11.4. The van der Waals surface area contributed by atoms with Gasteiger partial charge in [-0.3, -0.25) is 4.79 Å². The predicted molar refractivity (Wildman–Crippen MR) is 72.1 cm³/mol. The molecule has 1 aliphatic carbocycles. The second kappa shape index (κ2) is 5.21. The molecule has 5 heteroatoms. The molecular weight excluding hydrogens is 282 g/mol. The Morgan fingerprint density at radius 2 is 2.18 bits per heavy atom. The van der Waals surface area contributed by atoms with E-state index in [0.717, 1.165) is 30.4 Å². The van der Waals surface area contributed by atoms with Gasteiger partial charge >= 0.3 is 0 Å². The van der Waals surface area contributed by atoms with Crippen molar-refractivity contribution < 1.29 is 0 Å². The first kappa shape index (κ1) is 12.6. The van der Waals surface area contributed by atoms with E-state index in [0.29, 0.717) is 10.5 Å². The van der Waals surface area contributed by atoms with Crippen LogP contribution in [0, 0.1) is 11.8 Å². The van der Waals surface area contributed by atoms with Gasteiger partial charge in [-0.25, -0.2) is 5.10 Å². The Balaban J connectivity index is 2.06. The first-order chi connectivity index (χ1) is 8.08. The normalized spacial score (nSPS) is 29.0. The molecule has 0 spiro atoms. The molecule has 1 aromatic rings. The third-order valence-corrected chi connectivity index (χ3v) is 4.54. The van der Waals surface area contributed by atoms with E-state index in [4.69, 9.17) is 0 Å². The molecule has 1 fully saturated rings. The van der Waals surface area contributed by atoms with Crippen molar-refractivity contribution in [1.29, 1.82) is 0 Å². The number of halogens is 1. The largest absolute Gasteiger partial charge is 0.380 e. The van der Waals surface area contributed by atoms with Crippen LogP contribution >= 0.6 is 15.9 Å². The summed E-state index contributed by atoms with van der Waals surface area (Å²) in [5.41, 5.74) is 0.604. The van der Waals surface area contributed by atoms with Gasteiger partial charge in [0.05, 0.1) is 11.9 Å². The maximum absolute atomic E-state index is 11.4. The topological polar surface area (TPSA) is 57.8 Å². The van der Waals surface area contributed by atoms with Crippen molar-refractivity contribution >= 4 is 21.6 Å². The molecule has 3 unspecified atom stereocenters. The van der Waals surface area contributed by atoms with Crippen molar-refractivity contribution in [3.05, 3.63) is 21.0 Å². The van der Waals surface area contributed by atoms with Crippen LogP contribution in [0.4, 0.5) is 5.69 Å². The van der Waals surface area contributed by atoms with Gasteiger partial charge in [0.15, 0.2) is 0 Å². The number of rotatable bonds is 2. The standard InChI is InChI=1S/C12H18BrN3O/c1-7-3-4-9(5-8(7)2)15-10-6-14-16-12(17)11(10)13/h6-9H,3-5H2,1-2H3,(H2,15,16,17). The lowest BCUT2D eigenvalue weighted by atomic mass is 9.79. The summed E-state index contributed by atoms with van der Waals surface area (Å²) < 4.78 is 0.541. The fourth-order valence-corrected chi connectivity index (χ4v) is 2.69. The number of aromatic amines is 1. The van der Waals surface area contributed by atoms with Gasteiger partial charge in [0, 0.05) is 6.04 Å². The molecule has 94 valence electrons. The molecule has 0 bridgehead atoms. The molecule has 0 saturated heterocycles. The summed E-state index contributed by atoms with van der Waals surface area (Å²) in [6.07, 6.45) is 5.21. The fraction of sp³-hybridized carbons (Fsp3) is 0.667. The molecule has 1 aliphatic rings. The lowest BCUT2D eigenvalue weighted by molar-refractivity contribution is 0.261. The third kappa shape index (κ3) is 2.89. The number of hydrogen-bond donors (Lipinski definition) is 2. The highest BCUT2D eigenvalue weighted by molar-refractivity contribution is 9.10. The molecule has 1 saturated carbocycles. The van der Waals surface area contributed by atoms with Gasteiger partial charge in [0.1, 0.15) is 4.47 Å². The number of nitrogens with one attached hydrogen (secondary N) is 2. The van der Waals surface area contributed by atoms with E-state index in [2.05, 4.69) is 45.3 Å². The van der Waals surface area contributed by atoms with Crippen molar-refractivity contribution in [2.45, 2.75) is 39.2 Å². The molecule has 0 aromatic carbocycles.